The Balaban J connectivity index is 1.45. The van der Waals surface area contributed by atoms with Gasteiger partial charge in [0.15, 0.2) is 0 Å². The van der Waals surface area contributed by atoms with Gasteiger partial charge < -0.3 is 14.7 Å². The molecule has 0 saturated carbocycles. The summed E-state index contributed by atoms with van der Waals surface area (Å²) in [5.74, 6) is 0.559. The minimum atomic E-state index is -0.910. The second kappa shape index (κ2) is 8.74. The first kappa shape index (κ1) is 20.3. The van der Waals surface area contributed by atoms with Crippen LogP contribution < -0.4 is 4.74 Å². The lowest BCUT2D eigenvalue weighted by Crippen LogP contribution is -2.49. The SMILES string of the molecule is Cc1ccc(OCC2(O)CCN(C(=O)CCc3ccc(F)cc3)CC2)cc1C. The summed E-state index contributed by atoms with van der Waals surface area (Å²) in [5, 5.41) is 10.8. The lowest BCUT2D eigenvalue weighted by atomic mass is 9.92. The van der Waals surface area contributed by atoms with Gasteiger partial charge in [-0.2, -0.15) is 0 Å². The molecule has 1 amide bonds. The Hall–Kier alpha value is -2.40. The van der Waals surface area contributed by atoms with Gasteiger partial charge in [0.05, 0.1) is 0 Å². The zero-order valence-corrected chi connectivity index (χ0v) is 16.6. The van der Waals surface area contributed by atoms with E-state index in [4.69, 9.17) is 4.74 Å². The van der Waals surface area contributed by atoms with Crippen molar-refractivity contribution in [2.24, 2.45) is 0 Å². The van der Waals surface area contributed by atoms with Crippen LogP contribution in [0, 0.1) is 19.7 Å². The van der Waals surface area contributed by atoms with Crippen LogP contribution in [-0.2, 0) is 11.2 Å². The van der Waals surface area contributed by atoms with E-state index in [9.17, 15) is 14.3 Å². The van der Waals surface area contributed by atoms with E-state index in [0.29, 0.717) is 38.8 Å². The molecular formula is C23H28FNO3. The third kappa shape index (κ3) is 5.32. The highest BCUT2D eigenvalue weighted by Gasteiger charge is 2.34. The molecule has 150 valence electrons. The number of carbonyl (C=O) groups is 1. The molecule has 1 N–H and O–H groups in total. The fourth-order valence-electron chi connectivity index (χ4n) is 3.40. The minimum absolute atomic E-state index is 0.0708. The summed E-state index contributed by atoms with van der Waals surface area (Å²) < 4.78 is 18.8. The maximum Gasteiger partial charge on any atom is 0.222 e. The van der Waals surface area contributed by atoms with E-state index >= 15 is 0 Å². The number of piperidine rings is 1. The highest BCUT2D eigenvalue weighted by Crippen LogP contribution is 2.25. The Labute approximate surface area is 165 Å². The maximum atomic E-state index is 12.9. The van der Waals surface area contributed by atoms with Crippen molar-refractivity contribution in [3.8, 4) is 5.75 Å². The summed E-state index contributed by atoms with van der Waals surface area (Å²) in [6, 6.07) is 12.2. The van der Waals surface area contributed by atoms with Gasteiger partial charge in [-0.3, -0.25) is 4.79 Å². The number of benzene rings is 2. The van der Waals surface area contributed by atoms with Gasteiger partial charge in [-0.25, -0.2) is 4.39 Å². The number of ether oxygens (including phenoxy) is 1. The van der Waals surface area contributed by atoms with Gasteiger partial charge in [0.2, 0.25) is 5.91 Å². The van der Waals surface area contributed by atoms with Gasteiger partial charge in [0, 0.05) is 19.5 Å². The highest BCUT2D eigenvalue weighted by molar-refractivity contribution is 5.76. The standard InChI is InChI=1S/C23H28FNO3/c1-17-3-9-21(15-18(17)2)28-16-23(27)11-13-25(14-12-23)22(26)10-6-19-4-7-20(24)8-5-19/h3-5,7-9,15,27H,6,10-14,16H2,1-2H3. The number of rotatable bonds is 6. The molecule has 0 radical (unpaired) electrons. The molecule has 0 aliphatic carbocycles. The number of halogens is 1. The number of aryl methyl sites for hydroxylation is 3. The Kier molecular flexibility index (Phi) is 6.35. The minimum Gasteiger partial charge on any atom is -0.491 e. The highest BCUT2D eigenvalue weighted by atomic mass is 19.1. The van der Waals surface area contributed by atoms with Gasteiger partial charge in [0.1, 0.15) is 23.8 Å². The molecule has 2 aromatic carbocycles. The number of hydrogen-bond donors (Lipinski definition) is 1. The van der Waals surface area contributed by atoms with E-state index in [1.54, 1.807) is 17.0 Å². The van der Waals surface area contributed by atoms with Crippen LogP contribution in [0.1, 0.15) is 36.0 Å². The lowest BCUT2D eigenvalue weighted by Gasteiger charge is -2.38. The molecule has 0 aromatic heterocycles. The normalized spacial score (nSPS) is 16.1. The smallest absolute Gasteiger partial charge is 0.222 e. The molecule has 1 fully saturated rings. The summed E-state index contributed by atoms with van der Waals surface area (Å²) in [6.07, 6.45) is 1.99. The van der Waals surface area contributed by atoms with E-state index in [2.05, 4.69) is 6.92 Å². The number of hydrogen-bond acceptors (Lipinski definition) is 3. The van der Waals surface area contributed by atoms with Crippen LogP contribution in [0.25, 0.3) is 0 Å². The number of nitrogens with zero attached hydrogens (tertiary/aromatic N) is 1. The van der Waals surface area contributed by atoms with Crippen molar-refractivity contribution in [3.63, 3.8) is 0 Å². The average molecular weight is 385 g/mol. The predicted octanol–water partition coefficient (Wildman–Crippen LogP) is 3.81. The van der Waals surface area contributed by atoms with Crippen LogP contribution in [0.4, 0.5) is 4.39 Å². The molecule has 5 heteroatoms. The zero-order chi connectivity index (χ0) is 20.1. The molecule has 0 atom stereocenters. The van der Waals surface area contributed by atoms with E-state index in [1.807, 2.05) is 25.1 Å². The largest absolute Gasteiger partial charge is 0.491 e. The quantitative estimate of drug-likeness (QED) is 0.823. The second-order valence-electron chi connectivity index (χ2n) is 7.77. The van der Waals surface area contributed by atoms with Crippen molar-refractivity contribution in [1.29, 1.82) is 0 Å². The van der Waals surface area contributed by atoms with Gasteiger partial charge in [-0.1, -0.05) is 18.2 Å². The van der Waals surface area contributed by atoms with Gasteiger partial charge in [-0.15, -0.1) is 0 Å². The molecule has 1 saturated heterocycles. The Morgan fingerprint density at radius 1 is 1.11 bits per heavy atom. The third-order valence-corrected chi connectivity index (χ3v) is 5.57. The van der Waals surface area contributed by atoms with E-state index in [1.165, 1.54) is 17.7 Å². The Morgan fingerprint density at radius 2 is 1.79 bits per heavy atom. The molecule has 1 aliphatic rings. The molecule has 4 nitrogen and oxygen atoms in total. The Morgan fingerprint density at radius 3 is 2.43 bits per heavy atom. The van der Waals surface area contributed by atoms with Crippen LogP contribution in [0.15, 0.2) is 42.5 Å². The maximum absolute atomic E-state index is 12.9. The van der Waals surface area contributed by atoms with Crippen molar-refractivity contribution < 1.29 is 19.0 Å². The first-order valence-corrected chi connectivity index (χ1v) is 9.79. The fourth-order valence-corrected chi connectivity index (χ4v) is 3.40. The van der Waals surface area contributed by atoms with Crippen LogP contribution in [0.3, 0.4) is 0 Å². The van der Waals surface area contributed by atoms with Crippen molar-refractivity contribution >= 4 is 5.91 Å². The van der Waals surface area contributed by atoms with Gasteiger partial charge in [-0.05, 0) is 74.1 Å². The molecular weight excluding hydrogens is 357 g/mol. The average Bonchev–Trinajstić information content (AvgIpc) is 2.69. The lowest BCUT2D eigenvalue weighted by molar-refractivity contribution is -0.136. The monoisotopic (exact) mass is 385 g/mol. The summed E-state index contributed by atoms with van der Waals surface area (Å²) >= 11 is 0. The van der Waals surface area contributed by atoms with E-state index in [-0.39, 0.29) is 18.3 Å². The number of aliphatic hydroxyl groups is 1. The molecule has 1 aliphatic heterocycles. The number of carbonyl (C=O) groups excluding carboxylic acids is 1. The third-order valence-electron chi connectivity index (χ3n) is 5.57. The summed E-state index contributed by atoms with van der Waals surface area (Å²) in [4.78, 5) is 14.2. The first-order valence-electron chi connectivity index (χ1n) is 9.79. The predicted molar refractivity (Wildman–Crippen MR) is 107 cm³/mol. The Bertz CT molecular complexity index is 811. The number of likely N-dealkylation sites (tertiary alicyclic amines) is 1. The number of amides is 1. The fraction of sp³-hybridized carbons (Fsp3) is 0.435. The van der Waals surface area contributed by atoms with Crippen LogP contribution in [0.2, 0.25) is 0 Å². The van der Waals surface area contributed by atoms with Crippen molar-refractivity contribution in [2.75, 3.05) is 19.7 Å². The summed E-state index contributed by atoms with van der Waals surface area (Å²) in [6.45, 7) is 5.36. The van der Waals surface area contributed by atoms with Crippen LogP contribution >= 0.6 is 0 Å². The first-order chi connectivity index (χ1) is 13.3. The molecule has 28 heavy (non-hydrogen) atoms. The summed E-state index contributed by atoms with van der Waals surface area (Å²) in [5.41, 5.74) is 2.40. The van der Waals surface area contributed by atoms with Crippen LogP contribution in [0.5, 0.6) is 5.75 Å². The van der Waals surface area contributed by atoms with Crippen molar-refractivity contribution in [2.45, 2.75) is 45.1 Å². The molecule has 0 unspecified atom stereocenters. The van der Waals surface area contributed by atoms with Crippen LogP contribution in [-0.4, -0.2) is 41.2 Å². The van der Waals surface area contributed by atoms with Gasteiger partial charge >= 0.3 is 0 Å². The summed E-state index contributed by atoms with van der Waals surface area (Å²) in [7, 11) is 0. The molecule has 1 heterocycles. The molecule has 0 spiro atoms. The van der Waals surface area contributed by atoms with Crippen molar-refractivity contribution in [1.82, 2.24) is 4.90 Å². The second-order valence-corrected chi connectivity index (χ2v) is 7.77. The van der Waals surface area contributed by atoms with E-state index in [0.717, 1.165) is 16.9 Å². The molecule has 3 rings (SSSR count). The molecule has 2 aromatic rings. The van der Waals surface area contributed by atoms with Gasteiger partial charge in [0.25, 0.3) is 0 Å². The topological polar surface area (TPSA) is 49.8 Å². The van der Waals surface area contributed by atoms with E-state index < -0.39 is 5.60 Å². The molecule has 0 bridgehead atoms. The van der Waals surface area contributed by atoms with Crippen molar-refractivity contribution in [3.05, 3.63) is 65.0 Å². The zero-order valence-electron chi connectivity index (χ0n) is 16.6.